The fourth-order valence-corrected chi connectivity index (χ4v) is 1.30. The topological polar surface area (TPSA) is 49.7 Å². The molecule has 1 rings (SSSR count). The Bertz CT molecular complexity index is 196. The van der Waals surface area contributed by atoms with Gasteiger partial charge < -0.3 is 14.9 Å². The maximum Gasteiger partial charge on any atom is 0.158 e. The molecule has 0 saturated heterocycles. The van der Waals surface area contributed by atoms with Crippen molar-refractivity contribution in [1.82, 2.24) is 0 Å². The van der Waals surface area contributed by atoms with Crippen molar-refractivity contribution in [3.05, 3.63) is 11.5 Å². The standard InChI is InChI=1S/C9H16O3/c1-5(2)8-4-7(10)9(11)6(3)12-8/h5-6,8,10-11H,4H2,1-3H3/t6?,8-/m1/s1. The lowest BCUT2D eigenvalue weighted by atomic mass is 9.99. The largest absolute Gasteiger partial charge is 0.509 e. The van der Waals surface area contributed by atoms with Crippen LogP contribution in [-0.2, 0) is 4.74 Å². The van der Waals surface area contributed by atoms with Gasteiger partial charge in [-0.15, -0.1) is 0 Å². The molecule has 2 atom stereocenters. The summed E-state index contributed by atoms with van der Waals surface area (Å²) in [6, 6.07) is 0. The Morgan fingerprint density at radius 2 is 2.00 bits per heavy atom. The lowest BCUT2D eigenvalue weighted by Crippen LogP contribution is -2.31. The third-order valence-corrected chi connectivity index (χ3v) is 2.20. The highest BCUT2D eigenvalue weighted by Gasteiger charge is 2.28. The van der Waals surface area contributed by atoms with E-state index in [0.29, 0.717) is 12.3 Å². The lowest BCUT2D eigenvalue weighted by Gasteiger charge is -2.29. The summed E-state index contributed by atoms with van der Waals surface area (Å²) in [7, 11) is 0. The Balaban J connectivity index is 2.71. The van der Waals surface area contributed by atoms with Crippen molar-refractivity contribution in [1.29, 1.82) is 0 Å². The first-order valence-electron chi connectivity index (χ1n) is 4.28. The van der Waals surface area contributed by atoms with Gasteiger partial charge in [0.15, 0.2) is 5.76 Å². The van der Waals surface area contributed by atoms with Gasteiger partial charge in [0.2, 0.25) is 0 Å². The predicted octanol–water partition coefficient (Wildman–Crippen LogP) is 2.15. The molecule has 3 heteroatoms. The second-order valence-corrected chi connectivity index (χ2v) is 3.60. The Kier molecular flexibility index (Phi) is 2.62. The molecule has 70 valence electrons. The number of aliphatic hydroxyl groups excluding tert-OH is 2. The summed E-state index contributed by atoms with van der Waals surface area (Å²) < 4.78 is 5.46. The van der Waals surface area contributed by atoms with Crippen molar-refractivity contribution in [3.63, 3.8) is 0 Å². The minimum atomic E-state index is -0.369. The van der Waals surface area contributed by atoms with Crippen molar-refractivity contribution in [2.45, 2.75) is 39.4 Å². The van der Waals surface area contributed by atoms with Gasteiger partial charge >= 0.3 is 0 Å². The van der Waals surface area contributed by atoms with Crippen LogP contribution in [0.5, 0.6) is 0 Å². The van der Waals surface area contributed by atoms with Crippen LogP contribution in [-0.4, -0.2) is 22.4 Å². The van der Waals surface area contributed by atoms with Gasteiger partial charge in [0.25, 0.3) is 0 Å². The highest BCUT2D eigenvalue weighted by molar-refractivity contribution is 5.08. The maximum atomic E-state index is 9.32. The summed E-state index contributed by atoms with van der Waals surface area (Å²) >= 11 is 0. The molecule has 3 nitrogen and oxygen atoms in total. The Hall–Kier alpha value is -0.700. The molecular formula is C9H16O3. The highest BCUT2D eigenvalue weighted by atomic mass is 16.5. The molecule has 0 amide bonds. The number of rotatable bonds is 1. The van der Waals surface area contributed by atoms with Gasteiger partial charge in [0, 0.05) is 6.42 Å². The number of aliphatic hydroxyl groups is 2. The molecule has 12 heavy (non-hydrogen) atoms. The van der Waals surface area contributed by atoms with Crippen LogP contribution in [0, 0.1) is 5.92 Å². The third-order valence-electron chi connectivity index (χ3n) is 2.20. The molecule has 0 aliphatic carbocycles. The molecule has 2 N–H and O–H groups in total. The quantitative estimate of drug-likeness (QED) is 0.637. The fraction of sp³-hybridized carbons (Fsp3) is 0.778. The lowest BCUT2D eigenvalue weighted by molar-refractivity contribution is -0.0513. The molecule has 1 unspecified atom stereocenters. The van der Waals surface area contributed by atoms with Gasteiger partial charge in [-0.3, -0.25) is 0 Å². The molecule has 1 heterocycles. The molecule has 0 radical (unpaired) electrons. The summed E-state index contributed by atoms with van der Waals surface area (Å²) in [6.45, 7) is 5.81. The maximum absolute atomic E-state index is 9.32. The van der Waals surface area contributed by atoms with E-state index in [4.69, 9.17) is 4.74 Å². The van der Waals surface area contributed by atoms with Gasteiger partial charge in [0.1, 0.15) is 11.9 Å². The van der Waals surface area contributed by atoms with E-state index in [-0.39, 0.29) is 23.7 Å². The van der Waals surface area contributed by atoms with Crippen LogP contribution in [0.15, 0.2) is 11.5 Å². The fourth-order valence-electron chi connectivity index (χ4n) is 1.30. The molecule has 0 spiro atoms. The van der Waals surface area contributed by atoms with Crippen molar-refractivity contribution in [3.8, 4) is 0 Å². The Morgan fingerprint density at radius 3 is 2.42 bits per heavy atom. The Morgan fingerprint density at radius 1 is 1.42 bits per heavy atom. The van der Waals surface area contributed by atoms with Crippen LogP contribution >= 0.6 is 0 Å². The first-order valence-corrected chi connectivity index (χ1v) is 4.28. The van der Waals surface area contributed by atoms with Crippen LogP contribution in [0.2, 0.25) is 0 Å². The van der Waals surface area contributed by atoms with Gasteiger partial charge in [-0.2, -0.15) is 0 Å². The second-order valence-electron chi connectivity index (χ2n) is 3.60. The normalized spacial score (nSPS) is 31.3. The molecule has 0 bridgehead atoms. The zero-order valence-corrected chi connectivity index (χ0v) is 7.74. The van der Waals surface area contributed by atoms with Crippen LogP contribution in [0.25, 0.3) is 0 Å². The number of hydrogen-bond acceptors (Lipinski definition) is 3. The van der Waals surface area contributed by atoms with E-state index in [2.05, 4.69) is 0 Å². The van der Waals surface area contributed by atoms with E-state index in [0.717, 1.165) is 0 Å². The molecular weight excluding hydrogens is 156 g/mol. The average molecular weight is 172 g/mol. The molecule has 0 aromatic heterocycles. The molecule has 1 aliphatic heterocycles. The van der Waals surface area contributed by atoms with E-state index < -0.39 is 0 Å². The van der Waals surface area contributed by atoms with Gasteiger partial charge in [0.05, 0.1) is 6.10 Å². The monoisotopic (exact) mass is 172 g/mol. The van der Waals surface area contributed by atoms with Crippen molar-refractivity contribution < 1.29 is 14.9 Å². The van der Waals surface area contributed by atoms with E-state index in [1.807, 2.05) is 13.8 Å². The molecule has 0 aromatic carbocycles. The SMILES string of the molecule is CC1O[C@@H](C(C)C)CC(O)=C1O. The summed E-state index contributed by atoms with van der Waals surface area (Å²) in [5, 5.41) is 18.6. The average Bonchev–Trinajstić information content (AvgIpc) is 1.99. The van der Waals surface area contributed by atoms with E-state index >= 15 is 0 Å². The highest BCUT2D eigenvalue weighted by Crippen LogP contribution is 2.26. The van der Waals surface area contributed by atoms with Gasteiger partial charge in [-0.1, -0.05) is 13.8 Å². The van der Waals surface area contributed by atoms with Crippen LogP contribution in [0.4, 0.5) is 0 Å². The summed E-state index contributed by atoms with van der Waals surface area (Å²) in [5.41, 5.74) is 0. The predicted molar refractivity (Wildman–Crippen MR) is 46.1 cm³/mol. The molecule has 0 fully saturated rings. The van der Waals surface area contributed by atoms with E-state index in [1.165, 1.54) is 0 Å². The smallest absolute Gasteiger partial charge is 0.158 e. The Labute approximate surface area is 72.7 Å². The van der Waals surface area contributed by atoms with Crippen molar-refractivity contribution in [2.75, 3.05) is 0 Å². The van der Waals surface area contributed by atoms with Crippen molar-refractivity contribution >= 4 is 0 Å². The van der Waals surface area contributed by atoms with Crippen LogP contribution < -0.4 is 0 Å². The number of ether oxygens (including phenoxy) is 1. The summed E-state index contributed by atoms with van der Waals surface area (Å²) in [4.78, 5) is 0. The first kappa shape index (κ1) is 9.39. The minimum absolute atomic E-state index is 0.0214. The zero-order valence-electron chi connectivity index (χ0n) is 7.74. The van der Waals surface area contributed by atoms with Gasteiger partial charge in [-0.05, 0) is 12.8 Å². The minimum Gasteiger partial charge on any atom is -0.509 e. The van der Waals surface area contributed by atoms with Crippen LogP contribution in [0.1, 0.15) is 27.2 Å². The van der Waals surface area contributed by atoms with E-state index in [9.17, 15) is 10.2 Å². The molecule has 0 saturated carbocycles. The summed E-state index contributed by atoms with van der Waals surface area (Å²) in [5.74, 6) is 0.419. The third kappa shape index (κ3) is 1.72. The van der Waals surface area contributed by atoms with E-state index in [1.54, 1.807) is 6.92 Å². The first-order chi connectivity index (χ1) is 5.52. The zero-order chi connectivity index (χ0) is 9.30. The number of hydrogen-bond donors (Lipinski definition) is 2. The van der Waals surface area contributed by atoms with Crippen molar-refractivity contribution in [2.24, 2.45) is 5.92 Å². The second kappa shape index (κ2) is 3.35. The molecule has 1 aliphatic rings. The van der Waals surface area contributed by atoms with Gasteiger partial charge in [-0.25, -0.2) is 0 Å². The summed E-state index contributed by atoms with van der Waals surface area (Å²) in [6.07, 6.45) is 0.0791. The van der Waals surface area contributed by atoms with Crippen LogP contribution in [0.3, 0.4) is 0 Å². The molecule has 0 aromatic rings.